The minimum Gasteiger partial charge on any atom is -0.487 e. The maximum absolute atomic E-state index is 13.2. The molecule has 1 saturated carbocycles. The first kappa shape index (κ1) is 11.0. The monoisotopic (exact) mass is 236 g/mol. The molecule has 3 atom stereocenters. The third-order valence-corrected chi connectivity index (χ3v) is 4.04. The highest BCUT2D eigenvalue weighted by Gasteiger charge is 2.45. The van der Waals surface area contributed by atoms with Gasteiger partial charge in [-0.3, -0.25) is 0 Å². The quantitative estimate of drug-likeness (QED) is 0.749. The van der Waals surface area contributed by atoms with Crippen LogP contribution in [0.5, 0.6) is 5.75 Å². The van der Waals surface area contributed by atoms with Crippen molar-refractivity contribution in [3.05, 3.63) is 29.6 Å². The van der Waals surface area contributed by atoms with E-state index in [1.54, 1.807) is 6.07 Å². The van der Waals surface area contributed by atoms with Crippen molar-refractivity contribution in [3.63, 3.8) is 0 Å². The summed E-state index contributed by atoms with van der Waals surface area (Å²) in [6, 6.07) is 4.39. The molecule has 0 aromatic heterocycles. The Balaban J connectivity index is 1.97. The Bertz CT molecular complexity index is 446. The van der Waals surface area contributed by atoms with Crippen LogP contribution in [0.1, 0.15) is 44.3 Å². The van der Waals surface area contributed by atoms with E-state index in [0.29, 0.717) is 18.1 Å². The zero-order chi connectivity index (χ0) is 12.0. The molecule has 92 valence electrons. The van der Waals surface area contributed by atoms with E-state index in [9.17, 15) is 9.50 Å². The van der Waals surface area contributed by atoms with Gasteiger partial charge in [-0.15, -0.1) is 0 Å². The lowest BCUT2D eigenvalue weighted by molar-refractivity contribution is -0.0118. The van der Waals surface area contributed by atoms with Crippen molar-refractivity contribution < 1.29 is 14.2 Å². The molecule has 1 aromatic carbocycles. The van der Waals surface area contributed by atoms with Gasteiger partial charge in [-0.1, -0.05) is 6.92 Å². The molecule has 1 fully saturated rings. The minimum atomic E-state index is -0.523. The SMILES string of the molecule is CC1CCC2(C1)CC(O)c1ccc(F)cc1O2. The lowest BCUT2D eigenvalue weighted by Gasteiger charge is -2.38. The van der Waals surface area contributed by atoms with Crippen molar-refractivity contribution in [1.82, 2.24) is 0 Å². The average molecular weight is 236 g/mol. The molecule has 3 heteroatoms. The molecule has 17 heavy (non-hydrogen) atoms. The van der Waals surface area contributed by atoms with Crippen LogP contribution >= 0.6 is 0 Å². The van der Waals surface area contributed by atoms with E-state index in [0.717, 1.165) is 24.8 Å². The second kappa shape index (κ2) is 3.70. The number of hydrogen-bond acceptors (Lipinski definition) is 2. The fourth-order valence-electron chi connectivity index (χ4n) is 3.24. The van der Waals surface area contributed by atoms with Gasteiger partial charge < -0.3 is 9.84 Å². The molecule has 2 aliphatic rings. The van der Waals surface area contributed by atoms with Crippen molar-refractivity contribution in [2.75, 3.05) is 0 Å². The van der Waals surface area contributed by atoms with Crippen molar-refractivity contribution in [1.29, 1.82) is 0 Å². The van der Waals surface area contributed by atoms with E-state index in [1.807, 2.05) is 0 Å². The van der Waals surface area contributed by atoms with Gasteiger partial charge in [-0.2, -0.15) is 0 Å². The molecule has 1 aliphatic heterocycles. The highest BCUT2D eigenvalue weighted by molar-refractivity contribution is 5.38. The number of fused-ring (bicyclic) bond motifs is 1. The number of aliphatic hydroxyl groups is 1. The second-order valence-corrected chi connectivity index (χ2v) is 5.54. The van der Waals surface area contributed by atoms with Crippen molar-refractivity contribution in [2.24, 2.45) is 5.92 Å². The van der Waals surface area contributed by atoms with Gasteiger partial charge in [0, 0.05) is 18.1 Å². The lowest BCUT2D eigenvalue weighted by atomic mass is 9.87. The molecule has 3 rings (SSSR count). The molecule has 1 heterocycles. The highest BCUT2D eigenvalue weighted by Crippen LogP contribution is 2.48. The van der Waals surface area contributed by atoms with Crippen molar-refractivity contribution >= 4 is 0 Å². The summed E-state index contributed by atoms with van der Waals surface area (Å²) in [6.45, 7) is 2.20. The van der Waals surface area contributed by atoms with Gasteiger partial charge in [0.2, 0.25) is 0 Å². The molecule has 2 nitrogen and oxygen atoms in total. The number of benzene rings is 1. The fourth-order valence-corrected chi connectivity index (χ4v) is 3.24. The molecule has 3 unspecified atom stereocenters. The van der Waals surface area contributed by atoms with Crippen LogP contribution in [0.2, 0.25) is 0 Å². The summed E-state index contributed by atoms with van der Waals surface area (Å²) in [4.78, 5) is 0. The Hall–Kier alpha value is -1.09. The second-order valence-electron chi connectivity index (χ2n) is 5.54. The van der Waals surface area contributed by atoms with E-state index in [-0.39, 0.29) is 11.4 Å². The zero-order valence-corrected chi connectivity index (χ0v) is 9.95. The summed E-state index contributed by atoms with van der Waals surface area (Å²) in [5.74, 6) is 0.842. The molecule has 0 saturated heterocycles. The van der Waals surface area contributed by atoms with Gasteiger partial charge in [0.15, 0.2) is 0 Å². The molecular weight excluding hydrogens is 219 g/mol. The van der Waals surface area contributed by atoms with Gasteiger partial charge in [0.25, 0.3) is 0 Å². The van der Waals surface area contributed by atoms with Crippen LogP contribution in [0.4, 0.5) is 4.39 Å². The van der Waals surface area contributed by atoms with Crippen LogP contribution in [-0.2, 0) is 0 Å². The summed E-state index contributed by atoms with van der Waals surface area (Å²) in [6.07, 6.45) is 3.15. The van der Waals surface area contributed by atoms with E-state index in [1.165, 1.54) is 12.1 Å². The van der Waals surface area contributed by atoms with E-state index in [4.69, 9.17) is 4.74 Å². The minimum absolute atomic E-state index is 0.264. The van der Waals surface area contributed by atoms with E-state index in [2.05, 4.69) is 6.92 Å². The first-order chi connectivity index (χ1) is 8.08. The molecule has 0 bridgehead atoms. The Labute approximate surface area is 100 Å². The predicted molar refractivity (Wildman–Crippen MR) is 62.4 cm³/mol. The topological polar surface area (TPSA) is 29.5 Å². The maximum atomic E-state index is 13.2. The molecule has 1 aromatic rings. The number of hydrogen-bond donors (Lipinski definition) is 1. The van der Waals surface area contributed by atoms with Crippen LogP contribution in [0.15, 0.2) is 18.2 Å². The Morgan fingerprint density at radius 3 is 2.94 bits per heavy atom. The van der Waals surface area contributed by atoms with Crippen molar-refractivity contribution in [3.8, 4) is 5.75 Å². The fraction of sp³-hybridized carbons (Fsp3) is 0.571. The predicted octanol–water partition coefficient (Wildman–Crippen LogP) is 3.20. The molecule has 1 spiro atoms. The van der Waals surface area contributed by atoms with Gasteiger partial charge in [-0.25, -0.2) is 4.39 Å². The largest absolute Gasteiger partial charge is 0.487 e. The van der Waals surface area contributed by atoms with Gasteiger partial charge in [-0.05, 0) is 37.3 Å². The van der Waals surface area contributed by atoms with E-state index >= 15 is 0 Å². The summed E-state index contributed by atoms with van der Waals surface area (Å²) in [5.41, 5.74) is 0.455. The zero-order valence-electron chi connectivity index (χ0n) is 9.95. The third kappa shape index (κ3) is 1.82. The number of ether oxygens (including phenoxy) is 1. The average Bonchev–Trinajstić information content (AvgIpc) is 2.58. The van der Waals surface area contributed by atoms with Crippen LogP contribution in [-0.4, -0.2) is 10.7 Å². The van der Waals surface area contributed by atoms with Gasteiger partial charge >= 0.3 is 0 Å². The van der Waals surface area contributed by atoms with Crippen LogP contribution in [0.25, 0.3) is 0 Å². The van der Waals surface area contributed by atoms with E-state index < -0.39 is 6.10 Å². The molecule has 0 radical (unpaired) electrons. The van der Waals surface area contributed by atoms with Crippen LogP contribution < -0.4 is 4.74 Å². The number of aliphatic hydroxyl groups excluding tert-OH is 1. The standard InChI is InChI=1S/C14H17FO2/c1-9-4-5-14(7-9)8-12(16)11-3-2-10(15)6-13(11)17-14/h2-3,6,9,12,16H,4-5,7-8H2,1H3. The van der Waals surface area contributed by atoms with Gasteiger partial charge in [0.1, 0.15) is 17.2 Å². The molecular formula is C14H17FO2. The summed E-state index contributed by atoms with van der Waals surface area (Å²) in [7, 11) is 0. The lowest BCUT2D eigenvalue weighted by Crippen LogP contribution is -2.38. The molecule has 0 amide bonds. The summed E-state index contributed by atoms with van der Waals surface area (Å²) >= 11 is 0. The third-order valence-electron chi connectivity index (χ3n) is 4.04. The first-order valence-electron chi connectivity index (χ1n) is 6.24. The van der Waals surface area contributed by atoms with Gasteiger partial charge in [0.05, 0.1) is 6.10 Å². The van der Waals surface area contributed by atoms with Crippen LogP contribution in [0.3, 0.4) is 0 Å². The summed E-state index contributed by atoms with van der Waals surface area (Å²) < 4.78 is 19.2. The molecule has 1 aliphatic carbocycles. The highest BCUT2D eigenvalue weighted by atomic mass is 19.1. The Morgan fingerprint density at radius 2 is 2.24 bits per heavy atom. The Kier molecular flexibility index (Phi) is 2.40. The Morgan fingerprint density at radius 1 is 1.41 bits per heavy atom. The number of rotatable bonds is 0. The summed E-state index contributed by atoms with van der Waals surface area (Å²) in [5, 5.41) is 10.2. The number of halogens is 1. The van der Waals surface area contributed by atoms with Crippen molar-refractivity contribution in [2.45, 2.75) is 44.3 Å². The normalized spacial score (nSPS) is 35.7. The maximum Gasteiger partial charge on any atom is 0.128 e. The smallest absolute Gasteiger partial charge is 0.128 e. The molecule has 1 N–H and O–H groups in total. The van der Waals surface area contributed by atoms with Crippen LogP contribution in [0, 0.1) is 11.7 Å². The first-order valence-corrected chi connectivity index (χ1v) is 6.24.